The number of nitrogens with one attached hydrogen (secondary N) is 1. The number of carbonyl (C=O) groups is 1. The fraction of sp³-hybridized carbons (Fsp3) is 0.0625. The highest BCUT2D eigenvalue weighted by molar-refractivity contribution is 7.89. The van der Waals surface area contributed by atoms with Crippen molar-refractivity contribution < 1.29 is 13.2 Å². The van der Waals surface area contributed by atoms with Gasteiger partial charge in [-0.05, 0) is 30.3 Å². The van der Waals surface area contributed by atoms with Gasteiger partial charge in [-0.1, -0.05) is 35.7 Å². The van der Waals surface area contributed by atoms with Crippen molar-refractivity contribution in [3.8, 4) is 12.3 Å². The van der Waals surface area contributed by atoms with Crippen LogP contribution >= 0.6 is 11.6 Å². The maximum absolute atomic E-state index is 12.4. The van der Waals surface area contributed by atoms with Crippen LogP contribution < -0.4 is 15.6 Å². The zero-order valence-electron chi connectivity index (χ0n) is 12.4. The Morgan fingerprint density at radius 3 is 2.50 bits per heavy atom. The highest BCUT2D eigenvalue weighted by Gasteiger charge is 2.17. The van der Waals surface area contributed by atoms with E-state index >= 15 is 0 Å². The van der Waals surface area contributed by atoms with Gasteiger partial charge in [0.15, 0.2) is 0 Å². The van der Waals surface area contributed by atoms with E-state index in [1.54, 1.807) is 24.3 Å². The monoisotopic (exact) mass is 363 g/mol. The summed E-state index contributed by atoms with van der Waals surface area (Å²) in [7, 11) is -4.04. The summed E-state index contributed by atoms with van der Waals surface area (Å²) in [5.74, 6) is 1.90. The molecule has 0 aliphatic rings. The molecule has 0 aromatic heterocycles. The highest BCUT2D eigenvalue weighted by Crippen LogP contribution is 2.21. The third kappa shape index (κ3) is 4.26. The zero-order valence-corrected chi connectivity index (χ0v) is 14.0. The Morgan fingerprint density at radius 2 is 1.92 bits per heavy atom. The smallest absolute Gasteiger partial charge is 0.269 e. The Kier molecular flexibility index (Phi) is 5.46. The second-order valence-corrected chi connectivity index (χ2v) is 6.69. The van der Waals surface area contributed by atoms with Gasteiger partial charge >= 0.3 is 0 Å². The summed E-state index contributed by atoms with van der Waals surface area (Å²) in [6, 6.07) is 12.8. The van der Waals surface area contributed by atoms with Gasteiger partial charge < -0.3 is 0 Å². The molecule has 124 valence electrons. The molecule has 0 saturated heterocycles. The molecule has 0 radical (unpaired) electrons. The molecule has 2 aromatic rings. The number of nitrogens with zero attached hydrogens (tertiary/aromatic N) is 1. The van der Waals surface area contributed by atoms with Crippen molar-refractivity contribution >= 4 is 33.2 Å². The van der Waals surface area contributed by atoms with Crippen LogP contribution in [0.25, 0.3) is 0 Å². The lowest BCUT2D eigenvalue weighted by atomic mass is 10.2. The minimum Gasteiger partial charge on any atom is -0.273 e. The Labute approximate surface area is 145 Å². The maximum Gasteiger partial charge on any atom is 0.269 e. The fourth-order valence-electron chi connectivity index (χ4n) is 1.94. The van der Waals surface area contributed by atoms with Gasteiger partial charge in [-0.3, -0.25) is 15.2 Å². The average Bonchev–Trinajstić information content (AvgIpc) is 2.54. The first-order valence-corrected chi connectivity index (χ1v) is 8.64. The summed E-state index contributed by atoms with van der Waals surface area (Å²) in [6.07, 6.45) is 5.33. The molecular weight excluding hydrogens is 350 g/mol. The molecule has 1 amide bonds. The number of halogens is 1. The molecule has 3 N–H and O–H groups in total. The summed E-state index contributed by atoms with van der Waals surface area (Å²) in [6.45, 7) is 0.130. The number of hydrogen-bond donors (Lipinski definition) is 2. The van der Waals surface area contributed by atoms with Gasteiger partial charge in [-0.25, -0.2) is 13.6 Å². The van der Waals surface area contributed by atoms with Gasteiger partial charge in [0.05, 0.1) is 17.3 Å². The standard InChI is InChI=1S/C16H14ClN3O3S/c1-2-10-20(13-6-4-3-5-7-13)19-16(21)12-8-9-14(17)15(11-12)24(18,22)23/h1,3-9,11H,10H2,(H,19,21)(H2,18,22,23). The molecule has 0 heterocycles. The molecule has 0 aliphatic carbocycles. The second kappa shape index (κ2) is 7.36. The predicted molar refractivity (Wildman–Crippen MR) is 92.9 cm³/mol. The van der Waals surface area contributed by atoms with E-state index in [2.05, 4.69) is 11.3 Å². The van der Waals surface area contributed by atoms with Gasteiger partial charge in [-0.15, -0.1) is 6.42 Å². The number of hydrogen-bond acceptors (Lipinski definition) is 4. The van der Waals surface area contributed by atoms with E-state index in [0.29, 0.717) is 5.69 Å². The summed E-state index contributed by atoms with van der Waals surface area (Å²) >= 11 is 5.81. The predicted octanol–water partition coefficient (Wildman–Crippen LogP) is 1.77. The first kappa shape index (κ1) is 17.8. The van der Waals surface area contributed by atoms with Crippen molar-refractivity contribution in [1.82, 2.24) is 5.43 Å². The lowest BCUT2D eigenvalue weighted by Crippen LogP contribution is -2.42. The van der Waals surface area contributed by atoms with Gasteiger partial charge in [-0.2, -0.15) is 0 Å². The van der Waals surface area contributed by atoms with Gasteiger partial charge in [0.25, 0.3) is 5.91 Å². The molecule has 0 saturated carbocycles. The van der Waals surface area contributed by atoms with Crippen LogP contribution in [0.2, 0.25) is 5.02 Å². The molecule has 0 fully saturated rings. The lowest BCUT2D eigenvalue weighted by Gasteiger charge is -2.23. The van der Waals surface area contributed by atoms with Crippen molar-refractivity contribution in [3.63, 3.8) is 0 Å². The van der Waals surface area contributed by atoms with Crippen molar-refractivity contribution in [2.75, 3.05) is 11.6 Å². The number of rotatable bonds is 5. The van der Waals surface area contributed by atoms with Crippen molar-refractivity contribution in [3.05, 3.63) is 59.1 Å². The molecule has 24 heavy (non-hydrogen) atoms. The summed E-state index contributed by atoms with van der Waals surface area (Å²) in [5, 5.41) is 6.49. The van der Waals surface area contributed by atoms with E-state index < -0.39 is 15.9 Å². The Hall–Kier alpha value is -2.53. The molecule has 0 bridgehead atoms. The van der Waals surface area contributed by atoms with Crippen LogP contribution in [-0.2, 0) is 10.0 Å². The number of terminal acetylenes is 1. The molecule has 0 unspecified atom stereocenters. The van der Waals surface area contributed by atoms with Crippen LogP contribution in [0.3, 0.4) is 0 Å². The Bertz CT molecular complexity index is 893. The third-order valence-corrected chi connectivity index (χ3v) is 4.45. The highest BCUT2D eigenvalue weighted by atomic mass is 35.5. The number of amides is 1. The van der Waals surface area contributed by atoms with Gasteiger partial charge in [0, 0.05) is 5.56 Å². The van der Waals surface area contributed by atoms with Crippen LogP contribution in [0.15, 0.2) is 53.4 Å². The number of anilines is 1. The topological polar surface area (TPSA) is 92.5 Å². The van der Waals surface area contributed by atoms with E-state index in [-0.39, 0.29) is 22.0 Å². The first-order valence-electron chi connectivity index (χ1n) is 6.72. The fourth-order valence-corrected chi connectivity index (χ4v) is 3.02. The normalized spacial score (nSPS) is 10.7. The van der Waals surface area contributed by atoms with Crippen LogP contribution in [0.4, 0.5) is 5.69 Å². The Morgan fingerprint density at radius 1 is 1.25 bits per heavy atom. The van der Waals surface area contributed by atoms with Crippen molar-refractivity contribution in [2.45, 2.75) is 4.90 Å². The van der Waals surface area contributed by atoms with Crippen LogP contribution in [0, 0.1) is 12.3 Å². The van der Waals surface area contributed by atoms with Crippen LogP contribution in [-0.4, -0.2) is 20.9 Å². The molecule has 0 aliphatic heterocycles. The lowest BCUT2D eigenvalue weighted by molar-refractivity contribution is 0.0950. The first-order chi connectivity index (χ1) is 11.3. The van der Waals surface area contributed by atoms with Crippen molar-refractivity contribution in [1.29, 1.82) is 0 Å². The number of hydrazine groups is 1. The largest absolute Gasteiger partial charge is 0.273 e. The molecule has 2 rings (SSSR count). The van der Waals surface area contributed by atoms with E-state index in [0.717, 1.165) is 6.07 Å². The number of para-hydroxylation sites is 1. The number of sulfonamides is 1. The molecule has 8 heteroatoms. The van der Waals surface area contributed by atoms with Gasteiger partial charge in [0.1, 0.15) is 4.90 Å². The second-order valence-electron chi connectivity index (χ2n) is 4.76. The molecule has 6 nitrogen and oxygen atoms in total. The average molecular weight is 364 g/mol. The van der Waals surface area contributed by atoms with E-state index in [4.69, 9.17) is 23.2 Å². The minimum absolute atomic E-state index is 0.0578. The van der Waals surface area contributed by atoms with E-state index in [1.807, 2.05) is 6.07 Å². The maximum atomic E-state index is 12.4. The number of nitrogens with two attached hydrogens (primary N) is 1. The number of primary sulfonamides is 1. The number of carbonyl (C=O) groups excluding carboxylic acids is 1. The molecule has 2 aromatic carbocycles. The Balaban J connectivity index is 2.30. The van der Waals surface area contributed by atoms with Crippen molar-refractivity contribution in [2.24, 2.45) is 5.14 Å². The molecular formula is C16H14ClN3O3S. The van der Waals surface area contributed by atoms with Gasteiger partial charge in [0.2, 0.25) is 10.0 Å². The zero-order chi connectivity index (χ0) is 17.7. The molecule has 0 atom stereocenters. The minimum atomic E-state index is -4.04. The van der Waals surface area contributed by atoms with E-state index in [9.17, 15) is 13.2 Å². The summed E-state index contributed by atoms with van der Waals surface area (Å²) < 4.78 is 23.0. The van der Waals surface area contributed by atoms with E-state index in [1.165, 1.54) is 17.1 Å². The number of benzene rings is 2. The molecule has 0 spiro atoms. The summed E-state index contributed by atoms with van der Waals surface area (Å²) in [5.41, 5.74) is 3.39. The quantitative estimate of drug-likeness (QED) is 0.625. The van der Waals surface area contributed by atoms with Crippen LogP contribution in [0.5, 0.6) is 0 Å². The SMILES string of the molecule is C#CCN(NC(=O)c1ccc(Cl)c(S(N)(=O)=O)c1)c1ccccc1. The summed E-state index contributed by atoms with van der Waals surface area (Å²) in [4.78, 5) is 12.1. The third-order valence-electron chi connectivity index (χ3n) is 3.05. The van der Waals surface area contributed by atoms with Crippen LogP contribution in [0.1, 0.15) is 10.4 Å².